The SMILES string of the molecule is CC1CCC(C(N)=O)CN1Cc1ccc(C(=O)O)o1. The average molecular weight is 266 g/mol. The van der Waals surface area contributed by atoms with Gasteiger partial charge < -0.3 is 15.3 Å². The first-order chi connectivity index (χ1) is 8.97. The molecule has 1 aliphatic heterocycles. The predicted molar refractivity (Wildman–Crippen MR) is 67.5 cm³/mol. The van der Waals surface area contributed by atoms with E-state index in [1.807, 2.05) is 0 Å². The molecule has 0 spiro atoms. The van der Waals surface area contributed by atoms with Gasteiger partial charge in [0.2, 0.25) is 11.7 Å². The van der Waals surface area contributed by atoms with E-state index in [0.717, 1.165) is 12.8 Å². The molecule has 1 saturated heterocycles. The molecule has 0 aromatic carbocycles. The molecule has 1 aromatic heterocycles. The third-order valence-electron chi connectivity index (χ3n) is 3.64. The maximum absolute atomic E-state index is 11.2. The molecule has 2 unspecified atom stereocenters. The first kappa shape index (κ1) is 13.6. The van der Waals surface area contributed by atoms with Crippen LogP contribution in [0.2, 0.25) is 0 Å². The Morgan fingerprint density at radius 2 is 2.21 bits per heavy atom. The molecule has 3 N–H and O–H groups in total. The van der Waals surface area contributed by atoms with E-state index in [1.165, 1.54) is 6.07 Å². The Kier molecular flexibility index (Phi) is 3.90. The zero-order valence-corrected chi connectivity index (χ0v) is 10.8. The van der Waals surface area contributed by atoms with Crippen molar-refractivity contribution in [1.82, 2.24) is 4.90 Å². The molecule has 2 rings (SSSR count). The molecule has 1 fully saturated rings. The summed E-state index contributed by atoms with van der Waals surface area (Å²) in [5.41, 5.74) is 5.35. The summed E-state index contributed by atoms with van der Waals surface area (Å²) in [7, 11) is 0. The van der Waals surface area contributed by atoms with Gasteiger partial charge in [-0.15, -0.1) is 0 Å². The number of rotatable bonds is 4. The summed E-state index contributed by atoms with van der Waals surface area (Å²) >= 11 is 0. The van der Waals surface area contributed by atoms with E-state index < -0.39 is 5.97 Å². The standard InChI is InChI=1S/C13H18N2O4/c1-8-2-3-9(12(14)16)6-15(8)7-10-4-5-11(19-10)13(17)18/h4-5,8-9H,2-3,6-7H2,1H3,(H2,14,16)(H,17,18). The lowest BCUT2D eigenvalue weighted by Crippen LogP contribution is -2.45. The van der Waals surface area contributed by atoms with Crippen molar-refractivity contribution in [2.24, 2.45) is 11.7 Å². The highest BCUT2D eigenvalue weighted by molar-refractivity contribution is 5.84. The van der Waals surface area contributed by atoms with Crippen molar-refractivity contribution in [1.29, 1.82) is 0 Å². The molecule has 2 heterocycles. The van der Waals surface area contributed by atoms with Crippen LogP contribution < -0.4 is 5.73 Å². The number of hydrogen-bond donors (Lipinski definition) is 2. The van der Waals surface area contributed by atoms with Crippen molar-refractivity contribution in [2.45, 2.75) is 32.4 Å². The molecule has 1 aromatic rings. The molecule has 0 bridgehead atoms. The fourth-order valence-corrected chi connectivity index (χ4v) is 2.41. The predicted octanol–water partition coefficient (Wildman–Crippen LogP) is 1.06. The number of hydrogen-bond acceptors (Lipinski definition) is 4. The van der Waals surface area contributed by atoms with Crippen LogP contribution >= 0.6 is 0 Å². The lowest BCUT2D eigenvalue weighted by atomic mass is 9.93. The largest absolute Gasteiger partial charge is 0.475 e. The Balaban J connectivity index is 2.03. The number of likely N-dealkylation sites (tertiary alicyclic amines) is 1. The molecular formula is C13H18N2O4. The zero-order valence-electron chi connectivity index (χ0n) is 10.8. The van der Waals surface area contributed by atoms with E-state index >= 15 is 0 Å². The number of carbonyl (C=O) groups excluding carboxylic acids is 1. The minimum atomic E-state index is -1.08. The van der Waals surface area contributed by atoms with Crippen LogP contribution in [0.25, 0.3) is 0 Å². The Morgan fingerprint density at radius 1 is 1.47 bits per heavy atom. The average Bonchev–Trinajstić information content (AvgIpc) is 2.80. The minimum Gasteiger partial charge on any atom is -0.475 e. The molecule has 2 atom stereocenters. The van der Waals surface area contributed by atoms with Crippen LogP contribution in [0.4, 0.5) is 0 Å². The number of primary amides is 1. The van der Waals surface area contributed by atoms with Crippen molar-refractivity contribution >= 4 is 11.9 Å². The molecule has 1 amide bonds. The van der Waals surface area contributed by atoms with E-state index in [4.69, 9.17) is 15.3 Å². The van der Waals surface area contributed by atoms with Gasteiger partial charge >= 0.3 is 5.97 Å². The second-order valence-electron chi connectivity index (χ2n) is 5.03. The van der Waals surface area contributed by atoms with Gasteiger partial charge in [0.05, 0.1) is 12.5 Å². The second kappa shape index (κ2) is 5.44. The zero-order chi connectivity index (χ0) is 14.0. The van der Waals surface area contributed by atoms with Gasteiger partial charge in [-0.3, -0.25) is 9.69 Å². The highest BCUT2D eigenvalue weighted by Gasteiger charge is 2.29. The first-order valence-corrected chi connectivity index (χ1v) is 6.32. The van der Waals surface area contributed by atoms with Crippen molar-refractivity contribution in [2.75, 3.05) is 6.54 Å². The molecule has 0 aliphatic carbocycles. The minimum absolute atomic E-state index is 0.0638. The van der Waals surface area contributed by atoms with Crippen molar-refractivity contribution < 1.29 is 19.1 Å². The smallest absolute Gasteiger partial charge is 0.371 e. The molecule has 6 nitrogen and oxygen atoms in total. The van der Waals surface area contributed by atoms with Gasteiger partial charge in [0.1, 0.15) is 5.76 Å². The number of carboxylic acid groups (broad SMARTS) is 1. The topological polar surface area (TPSA) is 96.8 Å². The van der Waals surface area contributed by atoms with Crippen LogP contribution in [0.5, 0.6) is 0 Å². The van der Waals surface area contributed by atoms with Gasteiger partial charge in [-0.25, -0.2) is 4.79 Å². The van der Waals surface area contributed by atoms with Crippen molar-refractivity contribution in [3.05, 3.63) is 23.7 Å². The number of amides is 1. The normalized spacial score (nSPS) is 24.3. The van der Waals surface area contributed by atoms with Gasteiger partial charge in [-0.05, 0) is 31.9 Å². The van der Waals surface area contributed by atoms with E-state index in [0.29, 0.717) is 24.9 Å². The summed E-state index contributed by atoms with van der Waals surface area (Å²) in [5.74, 6) is -0.957. The van der Waals surface area contributed by atoms with Gasteiger partial charge in [0.25, 0.3) is 0 Å². The second-order valence-corrected chi connectivity index (χ2v) is 5.03. The highest BCUT2D eigenvalue weighted by Crippen LogP contribution is 2.24. The molecular weight excluding hydrogens is 248 g/mol. The highest BCUT2D eigenvalue weighted by atomic mass is 16.4. The van der Waals surface area contributed by atoms with Gasteiger partial charge in [-0.2, -0.15) is 0 Å². The van der Waals surface area contributed by atoms with E-state index in [1.54, 1.807) is 6.07 Å². The van der Waals surface area contributed by atoms with Gasteiger partial charge in [-0.1, -0.05) is 0 Å². The third kappa shape index (κ3) is 3.14. The van der Waals surface area contributed by atoms with Crippen LogP contribution in [-0.4, -0.2) is 34.5 Å². The van der Waals surface area contributed by atoms with E-state index in [9.17, 15) is 9.59 Å². The maximum atomic E-state index is 11.2. The Hall–Kier alpha value is -1.82. The Labute approximate surface area is 111 Å². The summed E-state index contributed by atoms with van der Waals surface area (Å²) in [6, 6.07) is 3.43. The van der Waals surface area contributed by atoms with Gasteiger partial charge in [0.15, 0.2) is 0 Å². The van der Waals surface area contributed by atoms with Crippen LogP contribution in [0.1, 0.15) is 36.1 Å². The lowest BCUT2D eigenvalue weighted by Gasteiger charge is -2.36. The van der Waals surface area contributed by atoms with E-state index in [-0.39, 0.29) is 17.6 Å². The van der Waals surface area contributed by atoms with Crippen LogP contribution in [0, 0.1) is 5.92 Å². The fraction of sp³-hybridized carbons (Fsp3) is 0.538. The Morgan fingerprint density at radius 3 is 2.79 bits per heavy atom. The molecule has 6 heteroatoms. The number of carboxylic acids is 1. The van der Waals surface area contributed by atoms with Crippen molar-refractivity contribution in [3.63, 3.8) is 0 Å². The molecule has 104 valence electrons. The number of furan rings is 1. The Bertz CT molecular complexity index is 483. The van der Waals surface area contributed by atoms with Crippen molar-refractivity contribution in [3.8, 4) is 0 Å². The number of nitrogens with zero attached hydrogens (tertiary/aromatic N) is 1. The number of piperidine rings is 1. The van der Waals surface area contributed by atoms with Crippen LogP contribution in [-0.2, 0) is 11.3 Å². The quantitative estimate of drug-likeness (QED) is 0.849. The van der Waals surface area contributed by atoms with Crippen LogP contribution in [0.3, 0.4) is 0 Å². The van der Waals surface area contributed by atoms with Crippen LogP contribution in [0.15, 0.2) is 16.5 Å². The summed E-state index contributed by atoms with van der Waals surface area (Å²) in [6.45, 7) is 3.18. The monoisotopic (exact) mass is 266 g/mol. The molecule has 0 saturated carbocycles. The summed E-state index contributed by atoms with van der Waals surface area (Å²) < 4.78 is 5.23. The summed E-state index contributed by atoms with van der Waals surface area (Å²) in [4.78, 5) is 24.1. The summed E-state index contributed by atoms with van der Waals surface area (Å²) in [6.07, 6.45) is 1.71. The molecule has 1 aliphatic rings. The number of aromatic carboxylic acids is 1. The molecule has 0 radical (unpaired) electrons. The summed E-state index contributed by atoms with van der Waals surface area (Å²) in [5, 5.41) is 8.80. The lowest BCUT2D eigenvalue weighted by molar-refractivity contribution is -0.124. The number of carbonyl (C=O) groups is 2. The van der Waals surface area contributed by atoms with E-state index in [2.05, 4.69) is 11.8 Å². The van der Waals surface area contributed by atoms with Gasteiger partial charge in [0, 0.05) is 12.6 Å². The number of nitrogens with two attached hydrogens (primary N) is 1. The first-order valence-electron chi connectivity index (χ1n) is 6.32. The maximum Gasteiger partial charge on any atom is 0.371 e. The fourth-order valence-electron chi connectivity index (χ4n) is 2.41. The third-order valence-corrected chi connectivity index (χ3v) is 3.64. The molecule has 19 heavy (non-hydrogen) atoms.